The highest BCUT2D eigenvalue weighted by Gasteiger charge is 2.50. The molecule has 1 aliphatic heterocycles. The Hall–Kier alpha value is -5.40. The molecule has 0 amide bonds. The van der Waals surface area contributed by atoms with Crippen molar-refractivity contribution >= 4 is 23.7 Å². The molecule has 2 heterocycles. The molecule has 0 radical (unpaired) electrons. The number of aldehydes is 1. The number of aromatic nitrogens is 1. The Balaban J connectivity index is 1.41. The highest BCUT2D eigenvalue weighted by atomic mass is 16.5. The number of pyridine rings is 1. The van der Waals surface area contributed by atoms with Gasteiger partial charge in [0.2, 0.25) is 5.78 Å². The van der Waals surface area contributed by atoms with Gasteiger partial charge in [-0.25, -0.2) is 9.78 Å². The van der Waals surface area contributed by atoms with Crippen LogP contribution in [0.25, 0.3) is 0 Å². The molecule has 1 fully saturated rings. The molecule has 0 spiro atoms. The normalized spacial score (nSPS) is 16.0. The van der Waals surface area contributed by atoms with Crippen LogP contribution in [0.3, 0.4) is 0 Å². The zero-order chi connectivity index (χ0) is 33.7. The second-order valence-electron chi connectivity index (χ2n) is 12.6. The van der Waals surface area contributed by atoms with Crippen molar-refractivity contribution in [1.29, 1.82) is 0 Å². The van der Waals surface area contributed by atoms with Gasteiger partial charge in [0.25, 0.3) is 0 Å². The minimum Gasteiger partial charge on any atom is -0.461 e. The van der Waals surface area contributed by atoms with Gasteiger partial charge in [-0.05, 0) is 72.9 Å². The number of rotatable bonds is 11. The van der Waals surface area contributed by atoms with E-state index in [2.05, 4.69) is 107 Å². The van der Waals surface area contributed by atoms with Gasteiger partial charge in [0.05, 0.1) is 18.7 Å². The Bertz CT molecular complexity index is 1780. The third kappa shape index (κ3) is 5.93. The summed E-state index contributed by atoms with van der Waals surface area (Å²) in [6.07, 6.45) is 2.02. The van der Waals surface area contributed by atoms with E-state index in [4.69, 9.17) is 4.74 Å². The molecular formula is C41H39N3O4. The van der Waals surface area contributed by atoms with Crippen LogP contribution >= 0.6 is 0 Å². The van der Waals surface area contributed by atoms with Gasteiger partial charge in [0.1, 0.15) is 11.7 Å². The van der Waals surface area contributed by atoms with E-state index in [1.165, 1.54) is 0 Å². The zero-order valence-electron chi connectivity index (χ0n) is 27.5. The summed E-state index contributed by atoms with van der Waals surface area (Å²) in [5.74, 6) is -0.964. The van der Waals surface area contributed by atoms with Gasteiger partial charge in [-0.3, -0.25) is 14.5 Å². The van der Waals surface area contributed by atoms with Gasteiger partial charge in [-0.2, -0.15) is 0 Å². The molecular weight excluding hydrogens is 598 g/mol. The Morgan fingerprint density at radius 2 is 1.33 bits per heavy atom. The molecule has 7 nitrogen and oxygen atoms in total. The van der Waals surface area contributed by atoms with E-state index in [-0.39, 0.29) is 12.3 Å². The van der Waals surface area contributed by atoms with E-state index in [0.29, 0.717) is 19.5 Å². The standard InChI is InChI=1S/C41H39N3O4/c1-4-48-39(47)36-26-30(24-25-42-36)27-43-29-44(38(37(46)28-45)40(43,2)3)35-22-20-34(21-23-35)41(31-14-8-5-9-15-31,32-16-10-6-11-17-32)33-18-12-7-13-19-33/h5-26,28,38H,4,27,29H2,1-3H3. The van der Waals surface area contributed by atoms with Crippen LogP contribution in [0.1, 0.15) is 59.1 Å². The maximum atomic E-state index is 13.3. The van der Waals surface area contributed by atoms with Gasteiger partial charge in [-0.1, -0.05) is 103 Å². The summed E-state index contributed by atoms with van der Waals surface area (Å²) >= 11 is 0. The maximum absolute atomic E-state index is 13.3. The molecule has 0 saturated carbocycles. The van der Waals surface area contributed by atoms with Crippen molar-refractivity contribution in [2.45, 2.75) is 44.3 Å². The fourth-order valence-corrected chi connectivity index (χ4v) is 7.13. The van der Waals surface area contributed by atoms with Crippen LogP contribution in [0.5, 0.6) is 0 Å². The van der Waals surface area contributed by atoms with E-state index in [0.717, 1.165) is 33.5 Å². The Morgan fingerprint density at radius 3 is 1.83 bits per heavy atom. The molecule has 4 aromatic carbocycles. The summed E-state index contributed by atoms with van der Waals surface area (Å²) in [7, 11) is 0. The lowest BCUT2D eigenvalue weighted by atomic mass is 9.65. The molecule has 1 saturated heterocycles. The first-order valence-corrected chi connectivity index (χ1v) is 16.2. The fraction of sp³-hybridized carbons (Fsp3) is 0.220. The monoisotopic (exact) mass is 637 g/mol. The topological polar surface area (TPSA) is 79.8 Å². The Morgan fingerprint density at radius 1 is 0.812 bits per heavy atom. The summed E-state index contributed by atoms with van der Waals surface area (Å²) in [5, 5.41) is 0. The van der Waals surface area contributed by atoms with Crippen LogP contribution in [0, 0.1) is 0 Å². The van der Waals surface area contributed by atoms with Crippen molar-refractivity contribution in [1.82, 2.24) is 9.88 Å². The van der Waals surface area contributed by atoms with Crippen molar-refractivity contribution in [3.63, 3.8) is 0 Å². The molecule has 1 unspecified atom stereocenters. The number of Topliss-reactive ketones (excluding diaryl/α,β-unsaturated/α-hetero) is 1. The molecule has 0 bridgehead atoms. The van der Waals surface area contributed by atoms with E-state index < -0.39 is 28.7 Å². The molecule has 0 aliphatic carbocycles. The van der Waals surface area contributed by atoms with Gasteiger partial charge < -0.3 is 9.64 Å². The lowest BCUT2D eigenvalue weighted by Gasteiger charge is -2.37. The maximum Gasteiger partial charge on any atom is 0.356 e. The molecule has 1 atom stereocenters. The van der Waals surface area contributed by atoms with Crippen LogP contribution < -0.4 is 4.90 Å². The highest BCUT2D eigenvalue weighted by Crippen LogP contribution is 2.46. The van der Waals surface area contributed by atoms with Crippen LogP contribution in [0.15, 0.2) is 134 Å². The summed E-state index contributed by atoms with van der Waals surface area (Å²) in [6, 6.07) is 42.7. The van der Waals surface area contributed by atoms with E-state index in [1.807, 2.05) is 43.0 Å². The third-order valence-electron chi connectivity index (χ3n) is 9.44. The Kier molecular flexibility index (Phi) is 9.33. The Labute approximate surface area is 281 Å². The number of anilines is 1. The molecule has 48 heavy (non-hydrogen) atoms. The predicted octanol–water partition coefficient (Wildman–Crippen LogP) is 6.84. The molecule has 1 aromatic heterocycles. The van der Waals surface area contributed by atoms with Crippen molar-refractivity contribution in [3.05, 3.63) is 167 Å². The first kappa shape index (κ1) is 32.5. The number of carbonyl (C=O) groups excluding carboxylic acids is 3. The third-order valence-corrected chi connectivity index (χ3v) is 9.44. The van der Waals surface area contributed by atoms with Crippen molar-refractivity contribution in [2.75, 3.05) is 18.2 Å². The van der Waals surface area contributed by atoms with Gasteiger partial charge in [-0.15, -0.1) is 0 Å². The number of carbonyl (C=O) groups is 3. The number of benzene rings is 4. The van der Waals surface area contributed by atoms with Crippen LogP contribution in [-0.2, 0) is 26.3 Å². The van der Waals surface area contributed by atoms with E-state index in [9.17, 15) is 14.4 Å². The van der Waals surface area contributed by atoms with Gasteiger partial charge >= 0.3 is 5.97 Å². The second kappa shape index (κ2) is 13.8. The lowest BCUT2D eigenvalue weighted by Crippen LogP contribution is -2.51. The molecule has 1 aliphatic rings. The minimum atomic E-state index is -0.714. The summed E-state index contributed by atoms with van der Waals surface area (Å²) in [6.45, 7) is 6.81. The summed E-state index contributed by atoms with van der Waals surface area (Å²) in [4.78, 5) is 46.0. The van der Waals surface area contributed by atoms with Crippen LogP contribution in [0.4, 0.5) is 5.69 Å². The molecule has 7 heteroatoms. The number of hydrogen-bond acceptors (Lipinski definition) is 7. The minimum absolute atomic E-state index is 0.234. The quantitative estimate of drug-likeness (QED) is 0.0680. The highest BCUT2D eigenvalue weighted by molar-refractivity contribution is 6.28. The number of nitrogens with zero attached hydrogens (tertiary/aromatic N) is 3. The van der Waals surface area contributed by atoms with Crippen molar-refractivity contribution in [2.24, 2.45) is 0 Å². The van der Waals surface area contributed by atoms with Crippen LogP contribution in [-0.4, -0.2) is 52.8 Å². The average Bonchev–Trinajstić information content (AvgIpc) is 3.39. The fourth-order valence-electron chi connectivity index (χ4n) is 7.13. The zero-order valence-corrected chi connectivity index (χ0v) is 27.5. The first-order chi connectivity index (χ1) is 23.3. The number of ether oxygens (including phenoxy) is 1. The first-order valence-electron chi connectivity index (χ1n) is 16.2. The lowest BCUT2D eigenvalue weighted by molar-refractivity contribution is -0.131. The smallest absolute Gasteiger partial charge is 0.356 e. The molecule has 242 valence electrons. The van der Waals surface area contributed by atoms with E-state index >= 15 is 0 Å². The molecule has 6 rings (SSSR count). The number of esters is 1. The summed E-state index contributed by atoms with van der Waals surface area (Å²) in [5.41, 5.74) is 5.10. The average molecular weight is 638 g/mol. The number of ketones is 1. The van der Waals surface area contributed by atoms with E-state index in [1.54, 1.807) is 19.2 Å². The van der Waals surface area contributed by atoms with Gasteiger partial charge in [0, 0.05) is 24.0 Å². The number of hydrogen-bond donors (Lipinski definition) is 0. The largest absolute Gasteiger partial charge is 0.461 e. The SMILES string of the molecule is CCOC(=O)c1cc(CN2CN(c3ccc(C(c4ccccc4)(c4ccccc4)c4ccccc4)cc3)C(C(=O)C=O)C2(C)C)ccn1. The van der Waals surface area contributed by atoms with Crippen molar-refractivity contribution < 1.29 is 19.1 Å². The molecule has 5 aromatic rings. The van der Waals surface area contributed by atoms with Crippen molar-refractivity contribution in [3.8, 4) is 0 Å². The van der Waals surface area contributed by atoms with Gasteiger partial charge in [0.15, 0.2) is 6.29 Å². The molecule has 0 N–H and O–H groups in total. The predicted molar refractivity (Wildman–Crippen MR) is 187 cm³/mol. The second-order valence-corrected chi connectivity index (χ2v) is 12.6. The summed E-state index contributed by atoms with van der Waals surface area (Å²) < 4.78 is 5.14. The van der Waals surface area contributed by atoms with Crippen LogP contribution in [0.2, 0.25) is 0 Å².